The van der Waals surface area contributed by atoms with Crippen molar-refractivity contribution in [1.29, 1.82) is 0 Å². The molecule has 1 saturated carbocycles. The zero-order chi connectivity index (χ0) is 102. The highest BCUT2D eigenvalue weighted by molar-refractivity contribution is 8.02. The first-order valence-electron chi connectivity index (χ1n) is 46.1. The van der Waals surface area contributed by atoms with E-state index in [0.29, 0.717) is 165 Å². The van der Waals surface area contributed by atoms with Gasteiger partial charge in [-0.05, 0) is 212 Å². The van der Waals surface area contributed by atoms with Gasteiger partial charge in [0.15, 0.2) is 20.5 Å². The van der Waals surface area contributed by atoms with E-state index in [4.69, 9.17) is 14.2 Å². The number of aromatic nitrogens is 5. The minimum atomic E-state index is -0.198. The van der Waals surface area contributed by atoms with Crippen LogP contribution in [-0.4, -0.2) is 273 Å². The van der Waals surface area contributed by atoms with Crippen LogP contribution in [0.4, 0.5) is 26.3 Å². The molecule has 4 aliphatic heterocycles. The number of carbonyl (C=O) groups is 11. The lowest BCUT2D eigenvalue weighted by Gasteiger charge is -2.34. The van der Waals surface area contributed by atoms with Crippen molar-refractivity contribution >= 4 is 184 Å². The van der Waals surface area contributed by atoms with Gasteiger partial charge in [0.25, 0.3) is 29.5 Å². The molecule has 40 heteroatoms. The molecule has 4 saturated heterocycles. The molecule has 5 aromatic carbocycles. The average Bonchev–Trinajstić information content (AvgIpc) is 1.71. The number of aryl methyl sites for hydroxylation is 5. The van der Waals surface area contributed by atoms with E-state index in [-0.39, 0.29) is 83.0 Å². The SMILES string of the molecule is C=CC(=O)N1CCCN(C(=O)c2cc(Sc3cnc(NC(=O)C4CC4)s3)c(C)cc2OC)C[C@H]1CC.C=CC(=O)N1CCCN(C(=O)c2cc(Sc3cnc(Nc4ccccn4)s3)c(C)cc2OC)C[C@H]1C.C=CC(=O)N1CCN(C(=O)c2cc(Sc3cnc(NC(=O)c4cccc(CN(C)C)c4)s3)c(C)cc2C)CC1.C=CC(=O)N1CCN(C(=O)c2cc(Sc3cnc(NC(C)=O)s3)c(C)cc2OC)CC1. The number of rotatable bonds is 29. The first-order chi connectivity index (χ1) is 68.2. The molecule has 0 bridgehead atoms. The summed E-state index contributed by atoms with van der Waals surface area (Å²) < 4.78 is 20.4. The van der Waals surface area contributed by atoms with E-state index in [2.05, 4.69) is 77.4 Å². The number of amides is 11. The van der Waals surface area contributed by atoms with E-state index in [1.165, 1.54) is 112 Å². The number of nitrogens with one attached hydrogen (secondary N) is 4. The summed E-state index contributed by atoms with van der Waals surface area (Å²) in [5.41, 5.74) is 8.73. The number of methoxy groups -OCH3 is 3. The number of anilines is 5. The van der Waals surface area contributed by atoms with Crippen LogP contribution in [0.5, 0.6) is 17.2 Å². The molecule has 142 heavy (non-hydrogen) atoms. The Morgan fingerprint density at radius 3 is 1.29 bits per heavy atom. The number of hydrogen-bond acceptors (Lipinski definition) is 29. The Morgan fingerprint density at radius 1 is 0.444 bits per heavy atom. The maximum absolute atomic E-state index is 13.7. The van der Waals surface area contributed by atoms with Crippen molar-refractivity contribution in [3.05, 3.63) is 234 Å². The van der Waals surface area contributed by atoms with Crippen molar-refractivity contribution < 1.29 is 67.0 Å². The monoisotopic (exact) mass is 2070 g/mol. The summed E-state index contributed by atoms with van der Waals surface area (Å²) in [6, 6.07) is 28.3. The number of piperazine rings is 2. The van der Waals surface area contributed by atoms with Crippen molar-refractivity contribution in [3.8, 4) is 17.2 Å². The van der Waals surface area contributed by atoms with E-state index < -0.39 is 0 Å². The van der Waals surface area contributed by atoms with Gasteiger partial charge < -0.3 is 74.3 Å². The highest BCUT2D eigenvalue weighted by Gasteiger charge is 2.36. The van der Waals surface area contributed by atoms with E-state index >= 15 is 0 Å². The summed E-state index contributed by atoms with van der Waals surface area (Å²) in [7, 11) is 8.67. The minimum Gasteiger partial charge on any atom is -0.496 e. The largest absolute Gasteiger partial charge is 0.496 e. The predicted octanol–water partition coefficient (Wildman–Crippen LogP) is 17.3. The van der Waals surface area contributed by atoms with Gasteiger partial charge in [0, 0.05) is 160 Å². The zero-order valence-corrected chi connectivity index (χ0v) is 88.3. The third kappa shape index (κ3) is 29.1. The molecule has 0 radical (unpaired) electrons. The lowest BCUT2D eigenvalue weighted by Crippen LogP contribution is -2.50. The number of pyridine rings is 1. The molecule has 0 spiro atoms. The van der Waals surface area contributed by atoms with Gasteiger partial charge in [-0.2, -0.15) is 0 Å². The van der Waals surface area contributed by atoms with E-state index in [9.17, 15) is 52.7 Å². The smallest absolute Gasteiger partial charge is 0.257 e. The summed E-state index contributed by atoms with van der Waals surface area (Å²) in [6.07, 6.45) is 18.0. The molecule has 5 aliphatic rings. The van der Waals surface area contributed by atoms with E-state index in [0.717, 1.165) is 107 Å². The fourth-order valence-corrected chi connectivity index (χ4v) is 23.8. The number of nitrogens with zero attached hydrogens (tertiary/aromatic N) is 14. The number of hydrogen-bond donors (Lipinski definition) is 4. The molecule has 0 unspecified atom stereocenters. The molecule has 9 heterocycles. The Kier molecular flexibility index (Phi) is 39.2. The van der Waals surface area contributed by atoms with Gasteiger partial charge in [0.1, 0.15) is 23.1 Å². The third-order valence-electron chi connectivity index (χ3n) is 23.6. The Hall–Kier alpha value is -12.5. The van der Waals surface area contributed by atoms with Crippen LogP contribution in [0, 0.1) is 40.5 Å². The van der Waals surface area contributed by atoms with Crippen molar-refractivity contribution in [2.75, 3.05) is 148 Å². The number of benzene rings is 5. The zero-order valence-electron chi connectivity index (χ0n) is 81.8. The number of carbonyl (C=O) groups excluding carboxylic acids is 11. The number of ether oxygens (including phenoxy) is 3. The van der Waals surface area contributed by atoms with Crippen LogP contribution in [0.2, 0.25) is 0 Å². The lowest BCUT2D eigenvalue weighted by molar-refractivity contribution is -0.128. The predicted molar refractivity (Wildman–Crippen MR) is 563 cm³/mol. The van der Waals surface area contributed by atoms with Crippen LogP contribution in [0.25, 0.3) is 0 Å². The van der Waals surface area contributed by atoms with Crippen LogP contribution in [0.15, 0.2) is 209 Å². The quantitative estimate of drug-likeness (QED) is 0.0316. The Labute approximate surface area is 861 Å². The summed E-state index contributed by atoms with van der Waals surface area (Å²) in [5, 5.41) is 14.1. The maximum Gasteiger partial charge on any atom is 0.257 e. The molecular formula is C102H118N18O14S8. The van der Waals surface area contributed by atoms with Crippen molar-refractivity contribution in [2.45, 2.75) is 143 Å². The van der Waals surface area contributed by atoms with Crippen LogP contribution < -0.4 is 35.5 Å². The minimum absolute atomic E-state index is 0.0330. The molecule has 1 aliphatic carbocycles. The summed E-state index contributed by atoms with van der Waals surface area (Å²) >= 11 is 11.8. The van der Waals surface area contributed by atoms with Gasteiger partial charge in [-0.1, -0.05) is 150 Å². The summed E-state index contributed by atoms with van der Waals surface area (Å²) in [6.45, 7) is 37.4. The highest BCUT2D eigenvalue weighted by Crippen LogP contribution is 2.45. The molecule has 748 valence electrons. The van der Waals surface area contributed by atoms with E-state index in [1.807, 2.05) is 168 Å². The second-order valence-corrected chi connectivity index (χ2v) is 43.6. The molecule has 5 aromatic heterocycles. The van der Waals surface area contributed by atoms with Crippen LogP contribution >= 0.6 is 92.4 Å². The molecule has 5 fully saturated rings. The number of thiazole rings is 4. The Bertz CT molecular complexity index is 6300. The molecule has 10 aromatic rings. The molecule has 15 rings (SSSR count). The molecular weight excluding hydrogens is 1960 g/mol. The van der Waals surface area contributed by atoms with Gasteiger partial charge >= 0.3 is 0 Å². The van der Waals surface area contributed by atoms with Gasteiger partial charge in [0.2, 0.25) is 35.4 Å². The van der Waals surface area contributed by atoms with Gasteiger partial charge in [0.05, 0.1) is 79.6 Å². The topological polar surface area (TPSA) is 357 Å². The molecule has 2 atom stereocenters. The van der Waals surface area contributed by atoms with Gasteiger partial charge in [-0.3, -0.25) is 58.1 Å². The Morgan fingerprint density at radius 2 is 0.852 bits per heavy atom. The average molecular weight is 2080 g/mol. The molecule has 11 amide bonds. The van der Waals surface area contributed by atoms with Crippen LogP contribution in [-0.2, 0) is 35.3 Å². The summed E-state index contributed by atoms with van der Waals surface area (Å²) in [4.78, 5) is 180. The van der Waals surface area contributed by atoms with Crippen LogP contribution in [0.3, 0.4) is 0 Å². The third-order valence-corrected chi connectivity index (χ3v) is 32.3. The van der Waals surface area contributed by atoms with Crippen molar-refractivity contribution in [2.24, 2.45) is 5.92 Å². The van der Waals surface area contributed by atoms with Crippen molar-refractivity contribution in [1.82, 2.24) is 69.0 Å². The highest BCUT2D eigenvalue weighted by atomic mass is 32.2. The van der Waals surface area contributed by atoms with E-state index in [1.54, 1.807) is 88.4 Å². The summed E-state index contributed by atoms with van der Waals surface area (Å²) in [5.74, 6) is 1.29. The second kappa shape index (κ2) is 51.4. The van der Waals surface area contributed by atoms with Gasteiger partial charge in [-0.25, -0.2) is 24.9 Å². The van der Waals surface area contributed by atoms with Gasteiger partial charge in [-0.15, -0.1) is 0 Å². The second-order valence-electron chi connectivity index (χ2n) is 34.1. The van der Waals surface area contributed by atoms with Crippen LogP contribution in [0.1, 0.15) is 138 Å². The fourth-order valence-electron chi connectivity index (χ4n) is 16.0. The fraction of sp³-hybridized carbons (Fsp3) is 0.353. The molecule has 32 nitrogen and oxygen atoms in total. The first-order valence-corrected chi connectivity index (χ1v) is 52.6. The first kappa shape index (κ1) is 108. The standard InChI is InChI=1S/C29H33N5O3S2.C26H29N5O3S2.C26H32N4O4S2.C21H24N4O4S2/c1-6-25(35)33-10-12-34(13-11-33)28(37)23-16-24(20(3)14-19(23)2)38-26-17-30-29(39-26)31-27(36)22-9-7-8-21(15-22)18-32(4)5;1-5-23(32)31-12-8-11-30(16-18(31)3)25(33)19-14-21(17(2)13-20(19)34-4)35-24-15-28-26(36-24)29-22-9-6-7-10-27-22;1-5-18-15-29(10-7-11-30(18)22(31)6-2)25(33)19-13-21(16(3)12-20(19)34-4)35-23-14-27-26(36-23)28-24(32)17-8-9-17;1-5-18(27)24-6-8-25(9-7-24)20(28)15-11-17(13(2)10-16(15)29-4)30-19-12-22-21(31-19)23-14(3)26/h6-9,14-17H,1,10-13,18H2,2-5H3,(H,30,31,36);5-7,9-10,13-15,18H,1,8,11-12,16H2,2-4H3,(H,27,28,29);6,12-14,17-18H,2,5,7-11,15H2,1,3-4H3,(H,27,28,32);5,10-12H,1,6-9H2,2-4H3,(H,22,23,26)/t;2*18-;/m.11./s1. The normalized spacial score (nSPS) is 15.2. The van der Waals surface area contributed by atoms with Crippen molar-refractivity contribution in [3.63, 3.8) is 0 Å². The molecule has 4 N–H and O–H groups in total. The maximum atomic E-state index is 13.7. The lowest BCUT2D eigenvalue weighted by atomic mass is 10.0. The Balaban J connectivity index is 0.000000170.